The zero-order valence-corrected chi connectivity index (χ0v) is 10.6. The summed E-state index contributed by atoms with van der Waals surface area (Å²) in [4.78, 5) is 11.9. The highest BCUT2D eigenvalue weighted by Gasteiger charge is 2.54. The Bertz CT molecular complexity index is 600. The van der Waals surface area contributed by atoms with E-state index in [4.69, 9.17) is 0 Å². The fourth-order valence-corrected chi connectivity index (χ4v) is 2.78. The van der Waals surface area contributed by atoms with E-state index in [9.17, 15) is 4.79 Å². The Morgan fingerprint density at radius 1 is 1.33 bits per heavy atom. The Balaban J connectivity index is 2.08. The summed E-state index contributed by atoms with van der Waals surface area (Å²) in [7, 11) is 0. The predicted molar refractivity (Wildman–Crippen MR) is 67.7 cm³/mol. The standard InChI is InChI=1S/C13H16N4O/c1-3-13(4-2)11(14-12(13)18)17-10-8-6-5-7-9(10)15-16-17/h5-8,11H,3-4H2,1-2H3,(H,14,18). The van der Waals surface area contributed by atoms with Crippen LogP contribution in [0.25, 0.3) is 11.0 Å². The van der Waals surface area contributed by atoms with Crippen molar-refractivity contribution in [2.24, 2.45) is 5.41 Å². The van der Waals surface area contributed by atoms with Gasteiger partial charge < -0.3 is 5.32 Å². The zero-order chi connectivity index (χ0) is 12.8. The Morgan fingerprint density at radius 2 is 2.06 bits per heavy atom. The Kier molecular flexibility index (Phi) is 2.36. The number of fused-ring (bicyclic) bond motifs is 1. The number of β-lactam (4-membered cyclic amide) rings is 1. The molecule has 2 aromatic rings. The minimum absolute atomic E-state index is 0.0765. The summed E-state index contributed by atoms with van der Waals surface area (Å²) in [6, 6.07) is 7.81. The van der Waals surface area contributed by atoms with Gasteiger partial charge in [0.25, 0.3) is 0 Å². The van der Waals surface area contributed by atoms with Crippen molar-refractivity contribution in [2.45, 2.75) is 32.9 Å². The number of hydrogen-bond donors (Lipinski definition) is 1. The predicted octanol–water partition coefficient (Wildman–Crippen LogP) is 1.87. The average Bonchev–Trinajstić information content (AvgIpc) is 2.81. The van der Waals surface area contributed by atoms with E-state index in [2.05, 4.69) is 15.6 Å². The summed E-state index contributed by atoms with van der Waals surface area (Å²) in [5.41, 5.74) is 1.49. The third-order valence-corrected chi connectivity index (χ3v) is 4.13. The van der Waals surface area contributed by atoms with Crippen LogP contribution >= 0.6 is 0 Å². The van der Waals surface area contributed by atoms with Gasteiger partial charge >= 0.3 is 0 Å². The number of hydrogen-bond acceptors (Lipinski definition) is 3. The first kappa shape index (κ1) is 11.2. The first-order valence-electron chi connectivity index (χ1n) is 6.34. The maximum Gasteiger partial charge on any atom is 0.231 e. The summed E-state index contributed by atoms with van der Waals surface area (Å²) >= 11 is 0. The van der Waals surface area contributed by atoms with Crippen molar-refractivity contribution in [1.82, 2.24) is 20.3 Å². The SMILES string of the molecule is CCC1(CC)C(=O)NC1n1nnc2ccccc21. The number of para-hydroxylation sites is 1. The highest BCUT2D eigenvalue weighted by atomic mass is 16.2. The van der Waals surface area contributed by atoms with Crippen molar-refractivity contribution in [3.63, 3.8) is 0 Å². The Labute approximate surface area is 105 Å². The largest absolute Gasteiger partial charge is 0.333 e. The number of rotatable bonds is 3. The van der Waals surface area contributed by atoms with Crippen molar-refractivity contribution in [1.29, 1.82) is 0 Å². The first-order valence-corrected chi connectivity index (χ1v) is 6.34. The molecule has 18 heavy (non-hydrogen) atoms. The van der Waals surface area contributed by atoms with Crippen molar-refractivity contribution in [3.8, 4) is 0 Å². The summed E-state index contributed by atoms with van der Waals surface area (Å²) in [6.45, 7) is 4.10. The van der Waals surface area contributed by atoms with E-state index in [1.54, 1.807) is 0 Å². The van der Waals surface area contributed by atoms with Crippen molar-refractivity contribution >= 4 is 16.9 Å². The second-order valence-electron chi connectivity index (χ2n) is 4.76. The van der Waals surface area contributed by atoms with Crippen LogP contribution in [-0.4, -0.2) is 20.9 Å². The number of aromatic nitrogens is 3. The van der Waals surface area contributed by atoms with E-state index in [0.717, 1.165) is 23.9 Å². The lowest BCUT2D eigenvalue weighted by atomic mass is 9.72. The van der Waals surface area contributed by atoms with Gasteiger partial charge in [-0.25, -0.2) is 4.68 Å². The van der Waals surface area contributed by atoms with Crippen molar-refractivity contribution in [3.05, 3.63) is 24.3 Å². The van der Waals surface area contributed by atoms with E-state index in [0.29, 0.717) is 0 Å². The number of benzene rings is 1. The van der Waals surface area contributed by atoms with E-state index >= 15 is 0 Å². The second kappa shape index (κ2) is 3.80. The van der Waals surface area contributed by atoms with Gasteiger partial charge in [0.15, 0.2) is 0 Å². The molecule has 0 radical (unpaired) electrons. The molecule has 1 aliphatic heterocycles. The van der Waals surface area contributed by atoms with Crippen LogP contribution in [0.2, 0.25) is 0 Å². The molecule has 1 aliphatic rings. The van der Waals surface area contributed by atoms with Crippen LogP contribution < -0.4 is 5.32 Å². The first-order chi connectivity index (χ1) is 8.73. The highest BCUT2D eigenvalue weighted by Crippen LogP contribution is 2.45. The average molecular weight is 244 g/mol. The molecule has 2 heterocycles. The molecule has 1 saturated heterocycles. The molecular formula is C13H16N4O. The van der Waals surface area contributed by atoms with Gasteiger partial charge in [-0.1, -0.05) is 31.2 Å². The summed E-state index contributed by atoms with van der Waals surface area (Å²) < 4.78 is 1.84. The number of nitrogens with zero attached hydrogens (tertiary/aromatic N) is 3. The summed E-state index contributed by atoms with van der Waals surface area (Å²) in [5, 5.41) is 11.3. The van der Waals surface area contributed by atoms with E-state index in [-0.39, 0.29) is 17.5 Å². The molecule has 1 aromatic heterocycles. The zero-order valence-electron chi connectivity index (χ0n) is 10.6. The summed E-state index contributed by atoms with van der Waals surface area (Å²) in [5.74, 6) is 0.122. The molecular weight excluding hydrogens is 228 g/mol. The molecule has 5 heteroatoms. The van der Waals surface area contributed by atoms with Crippen molar-refractivity contribution < 1.29 is 4.79 Å². The molecule has 3 rings (SSSR count). The van der Waals surface area contributed by atoms with Crippen LogP contribution in [0.1, 0.15) is 32.9 Å². The lowest BCUT2D eigenvalue weighted by Crippen LogP contribution is -2.63. The molecule has 1 atom stereocenters. The number of carbonyl (C=O) groups is 1. The molecule has 0 spiro atoms. The van der Waals surface area contributed by atoms with Crippen LogP contribution in [-0.2, 0) is 4.79 Å². The fourth-order valence-electron chi connectivity index (χ4n) is 2.78. The molecule has 5 nitrogen and oxygen atoms in total. The number of amides is 1. The second-order valence-corrected chi connectivity index (χ2v) is 4.76. The monoisotopic (exact) mass is 244 g/mol. The molecule has 1 aromatic carbocycles. The van der Waals surface area contributed by atoms with Gasteiger partial charge in [0, 0.05) is 0 Å². The third kappa shape index (κ3) is 1.24. The van der Waals surface area contributed by atoms with Gasteiger partial charge in [0.2, 0.25) is 5.91 Å². The van der Waals surface area contributed by atoms with Crippen LogP contribution in [0.15, 0.2) is 24.3 Å². The van der Waals surface area contributed by atoms with Gasteiger partial charge in [-0.3, -0.25) is 4.79 Å². The maximum atomic E-state index is 11.9. The van der Waals surface area contributed by atoms with Gasteiger partial charge in [-0.15, -0.1) is 5.10 Å². The van der Waals surface area contributed by atoms with Gasteiger partial charge in [-0.2, -0.15) is 0 Å². The molecule has 1 unspecified atom stereocenters. The third-order valence-electron chi connectivity index (χ3n) is 4.13. The summed E-state index contributed by atoms with van der Waals surface area (Å²) in [6.07, 6.45) is 1.55. The minimum atomic E-state index is -0.337. The smallest absolute Gasteiger partial charge is 0.231 e. The van der Waals surface area contributed by atoms with Gasteiger partial charge in [-0.05, 0) is 25.0 Å². The molecule has 1 N–H and O–H groups in total. The Hall–Kier alpha value is -1.91. The van der Waals surface area contributed by atoms with Crippen molar-refractivity contribution in [2.75, 3.05) is 0 Å². The van der Waals surface area contributed by atoms with Gasteiger partial charge in [0.1, 0.15) is 11.7 Å². The van der Waals surface area contributed by atoms with E-state index in [1.165, 1.54) is 0 Å². The molecule has 0 saturated carbocycles. The van der Waals surface area contributed by atoms with Gasteiger partial charge in [0.05, 0.1) is 10.9 Å². The lowest BCUT2D eigenvalue weighted by Gasteiger charge is -2.47. The number of nitrogens with one attached hydrogen (secondary N) is 1. The van der Waals surface area contributed by atoms with Crippen LogP contribution in [0.3, 0.4) is 0 Å². The topological polar surface area (TPSA) is 59.8 Å². The Morgan fingerprint density at radius 3 is 2.72 bits per heavy atom. The van der Waals surface area contributed by atoms with E-state index < -0.39 is 0 Å². The quantitative estimate of drug-likeness (QED) is 0.838. The highest BCUT2D eigenvalue weighted by molar-refractivity contribution is 5.89. The van der Waals surface area contributed by atoms with Crippen LogP contribution in [0, 0.1) is 5.41 Å². The fraction of sp³-hybridized carbons (Fsp3) is 0.462. The molecule has 94 valence electrons. The lowest BCUT2D eigenvalue weighted by molar-refractivity contribution is -0.152. The minimum Gasteiger partial charge on any atom is -0.333 e. The normalized spacial score (nSPS) is 21.7. The van der Waals surface area contributed by atoms with Crippen LogP contribution in [0.4, 0.5) is 0 Å². The maximum absolute atomic E-state index is 11.9. The molecule has 1 amide bonds. The van der Waals surface area contributed by atoms with Crippen LogP contribution in [0.5, 0.6) is 0 Å². The molecule has 1 fully saturated rings. The van der Waals surface area contributed by atoms with E-state index in [1.807, 2.05) is 42.8 Å². The molecule has 0 aliphatic carbocycles. The molecule has 0 bridgehead atoms. The number of carbonyl (C=O) groups excluding carboxylic acids is 1.